The number of nitrogens with zero attached hydrogens (tertiary/aromatic N) is 3. The van der Waals surface area contributed by atoms with Gasteiger partial charge in [-0.15, -0.1) is 0 Å². The number of carbonyl (C=O) groups excluding carboxylic acids is 1. The monoisotopic (exact) mass is 386 g/mol. The van der Waals surface area contributed by atoms with Gasteiger partial charge in [-0.3, -0.25) is 4.90 Å². The summed E-state index contributed by atoms with van der Waals surface area (Å²) in [5, 5.41) is 9.75. The molecule has 1 saturated heterocycles. The molecule has 0 aromatic carbocycles. The van der Waals surface area contributed by atoms with Crippen molar-refractivity contribution in [1.29, 1.82) is 0 Å². The van der Waals surface area contributed by atoms with Crippen molar-refractivity contribution in [2.24, 2.45) is 11.8 Å². The minimum atomic E-state index is -1.01. The highest BCUT2D eigenvalue weighted by atomic mass is 16.4. The Balaban J connectivity index is 1.71. The second-order valence-electron chi connectivity index (χ2n) is 8.08. The lowest BCUT2D eigenvalue weighted by Gasteiger charge is -2.50. The molecule has 3 atom stereocenters. The first-order chi connectivity index (χ1) is 13.3. The molecule has 0 radical (unpaired) electrons. The molecule has 7 heteroatoms. The molecule has 28 heavy (non-hydrogen) atoms. The van der Waals surface area contributed by atoms with Gasteiger partial charge in [0.15, 0.2) is 0 Å². The van der Waals surface area contributed by atoms with Gasteiger partial charge >= 0.3 is 12.0 Å². The molecule has 2 aliphatic rings. The number of urea groups is 1. The summed E-state index contributed by atoms with van der Waals surface area (Å²) in [6, 6.07) is 2.43. The van der Waals surface area contributed by atoms with Crippen LogP contribution in [0, 0.1) is 11.8 Å². The maximum atomic E-state index is 13.1. The molecule has 0 unspecified atom stereocenters. The second-order valence-corrected chi connectivity index (χ2v) is 8.08. The highest BCUT2D eigenvalue weighted by molar-refractivity contribution is 5.88. The molecular formula is C21H30N4O3. The highest BCUT2D eigenvalue weighted by Crippen LogP contribution is 2.39. The van der Waals surface area contributed by atoms with E-state index < -0.39 is 12.0 Å². The lowest BCUT2D eigenvalue weighted by Crippen LogP contribution is -2.64. The highest BCUT2D eigenvalue weighted by Gasteiger charge is 2.51. The summed E-state index contributed by atoms with van der Waals surface area (Å²) in [6.07, 6.45) is 7.96. The Kier molecular flexibility index (Phi) is 5.91. The average molecular weight is 386 g/mol. The SMILES string of the molecule is C=C1[C@H](Cc2ccnc(N)c2)[C@@H](C(=O)O)N1C(=O)N(C)[C@H](C)C1CCCCC1. The zero-order valence-corrected chi connectivity index (χ0v) is 16.7. The number of nitrogens with two attached hydrogens (primary N) is 1. The van der Waals surface area contributed by atoms with Crippen LogP contribution < -0.4 is 5.73 Å². The standard InChI is InChI=1S/C21H30N4O3/c1-13(16-7-5-4-6-8-16)24(3)21(28)25-14(2)17(19(25)20(26)27)11-15-9-10-23-18(22)12-15/h9-10,12-13,16-17,19H,2,4-8,11H2,1,3H3,(H2,22,23)(H,26,27)/t13-,17+,19+/m1/s1. The van der Waals surface area contributed by atoms with Gasteiger partial charge in [0.2, 0.25) is 0 Å². The first-order valence-electron chi connectivity index (χ1n) is 9.99. The van der Waals surface area contributed by atoms with Gasteiger partial charge in [-0.2, -0.15) is 0 Å². The molecule has 1 aromatic rings. The van der Waals surface area contributed by atoms with E-state index in [2.05, 4.69) is 18.5 Å². The second kappa shape index (κ2) is 8.20. The van der Waals surface area contributed by atoms with Gasteiger partial charge in [-0.1, -0.05) is 25.8 Å². The Labute approximate surface area is 166 Å². The fourth-order valence-electron chi connectivity index (χ4n) is 4.54. The maximum absolute atomic E-state index is 13.1. The number of likely N-dealkylation sites (tertiary alicyclic amines) is 1. The summed E-state index contributed by atoms with van der Waals surface area (Å²) >= 11 is 0. The van der Waals surface area contributed by atoms with Crippen LogP contribution in [0.15, 0.2) is 30.6 Å². The van der Waals surface area contributed by atoms with Gasteiger partial charge in [-0.25, -0.2) is 14.6 Å². The minimum Gasteiger partial charge on any atom is -0.480 e. The largest absolute Gasteiger partial charge is 0.480 e. The van der Waals surface area contributed by atoms with Crippen LogP contribution >= 0.6 is 0 Å². The summed E-state index contributed by atoms with van der Waals surface area (Å²) in [6.45, 7) is 6.08. The van der Waals surface area contributed by atoms with Crippen LogP contribution in [0.25, 0.3) is 0 Å². The zero-order chi connectivity index (χ0) is 20.4. The molecule has 7 nitrogen and oxygen atoms in total. The van der Waals surface area contributed by atoms with E-state index in [1.165, 1.54) is 24.2 Å². The van der Waals surface area contributed by atoms with Crippen LogP contribution in [0.2, 0.25) is 0 Å². The van der Waals surface area contributed by atoms with E-state index in [4.69, 9.17) is 5.73 Å². The Morgan fingerprint density at radius 2 is 2.07 bits per heavy atom. The first kappa shape index (κ1) is 20.2. The minimum absolute atomic E-state index is 0.0779. The predicted molar refractivity (Wildman–Crippen MR) is 107 cm³/mol. The quantitative estimate of drug-likeness (QED) is 0.810. The van der Waals surface area contributed by atoms with E-state index in [0.717, 1.165) is 18.4 Å². The van der Waals surface area contributed by atoms with Crippen molar-refractivity contribution in [1.82, 2.24) is 14.8 Å². The summed E-state index contributed by atoms with van der Waals surface area (Å²) in [4.78, 5) is 32.0. The van der Waals surface area contributed by atoms with E-state index in [9.17, 15) is 14.7 Å². The molecule has 0 bridgehead atoms. The molecular weight excluding hydrogens is 356 g/mol. The number of aliphatic carboxylic acids is 1. The number of anilines is 1. The number of rotatable bonds is 5. The first-order valence-corrected chi connectivity index (χ1v) is 9.99. The fraction of sp³-hybridized carbons (Fsp3) is 0.571. The number of nitrogen functional groups attached to an aromatic ring is 1. The van der Waals surface area contributed by atoms with Gasteiger partial charge in [0.25, 0.3) is 0 Å². The molecule has 0 spiro atoms. The topological polar surface area (TPSA) is 99.8 Å². The lowest BCUT2D eigenvalue weighted by atomic mass is 9.80. The number of carbonyl (C=O) groups is 2. The van der Waals surface area contributed by atoms with Crippen molar-refractivity contribution in [3.8, 4) is 0 Å². The third kappa shape index (κ3) is 3.84. The molecule has 3 rings (SSSR count). The van der Waals surface area contributed by atoms with Crippen molar-refractivity contribution < 1.29 is 14.7 Å². The van der Waals surface area contributed by atoms with Crippen LogP contribution in [-0.2, 0) is 11.2 Å². The number of aromatic nitrogens is 1. The van der Waals surface area contributed by atoms with Crippen LogP contribution in [0.4, 0.5) is 10.6 Å². The fourth-order valence-corrected chi connectivity index (χ4v) is 4.54. The maximum Gasteiger partial charge on any atom is 0.327 e. The van der Waals surface area contributed by atoms with E-state index in [1.807, 2.05) is 6.07 Å². The van der Waals surface area contributed by atoms with E-state index in [1.54, 1.807) is 24.2 Å². The number of hydrogen-bond donors (Lipinski definition) is 2. The number of carboxylic acid groups (broad SMARTS) is 1. The number of amides is 2. The predicted octanol–water partition coefficient (Wildman–Crippen LogP) is 3.13. The Morgan fingerprint density at radius 1 is 1.39 bits per heavy atom. The van der Waals surface area contributed by atoms with Crippen molar-refractivity contribution in [3.05, 3.63) is 36.2 Å². The molecule has 1 aliphatic heterocycles. The molecule has 152 valence electrons. The van der Waals surface area contributed by atoms with Crippen LogP contribution in [0.3, 0.4) is 0 Å². The summed E-state index contributed by atoms with van der Waals surface area (Å²) in [7, 11) is 1.77. The zero-order valence-electron chi connectivity index (χ0n) is 16.7. The van der Waals surface area contributed by atoms with Gasteiger partial charge in [0.05, 0.1) is 0 Å². The van der Waals surface area contributed by atoms with Gasteiger partial charge in [-0.05, 0) is 49.8 Å². The number of carboxylic acids is 1. The van der Waals surface area contributed by atoms with Crippen molar-refractivity contribution in [3.63, 3.8) is 0 Å². The van der Waals surface area contributed by atoms with Crippen LogP contribution in [0.5, 0.6) is 0 Å². The van der Waals surface area contributed by atoms with Gasteiger partial charge in [0, 0.05) is 30.9 Å². The molecule has 1 aromatic heterocycles. The van der Waals surface area contributed by atoms with E-state index in [-0.39, 0.29) is 18.0 Å². The van der Waals surface area contributed by atoms with Crippen molar-refractivity contribution >= 4 is 17.8 Å². The molecule has 2 amide bonds. The molecule has 1 saturated carbocycles. The third-order valence-electron chi connectivity index (χ3n) is 6.40. The average Bonchev–Trinajstić information content (AvgIpc) is 2.68. The summed E-state index contributed by atoms with van der Waals surface area (Å²) in [5.41, 5.74) is 7.16. The Morgan fingerprint density at radius 3 is 2.68 bits per heavy atom. The molecule has 2 fully saturated rings. The normalized spacial score (nSPS) is 23.8. The third-order valence-corrected chi connectivity index (χ3v) is 6.40. The molecule has 2 heterocycles. The summed E-state index contributed by atoms with van der Waals surface area (Å²) < 4.78 is 0. The Hall–Kier alpha value is -2.57. The smallest absolute Gasteiger partial charge is 0.327 e. The lowest BCUT2D eigenvalue weighted by molar-refractivity contribution is -0.147. The molecule has 3 N–H and O–H groups in total. The Bertz CT molecular complexity index is 760. The molecule has 1 aliphatic carbocycles. The van der Waals surface area contributed by atoms with Crippen molar-refractivity contribution in [2.45, 2.75) is 57.5 Å². The van der Waals surface area contributed by atoms with E-state index in [0.29, 0.717) is 23.9 Å². The van der Waals surface area contributed by atoms with Gasteiger partial charge in [0.1, 0.15) is 11.9 Å². The van der Waals surface area contributed by atoms with Crippen LogP contribution in [0.1, 0.15) is 44.6 Å². The van der Waals surface area contributed by atoms with E-state index >= 15 is 0 Å². The van der Waals surface area contributed by atoms with Crippen LogP contribution in [-0.4, -0.2) is 51.0 Å². The summed E-state index contributed by atoms with van der Waals surface area (Å²) in [5.74, 6) is -0.479. The van der Waals surface area contributed by atoms with Gasteiger partial charge < -0.3 is 15.7 Å². The number of hydrogen-bond acceptors (Lipinski definition) is 4. The number of pyridine rings is 1. The van der Waals surface area contributed by atoms with Crippen molar-refractivity contribution in [2.75, 3.05) is 12.8 Å².